The van der Waals surface area contributed by atoms with Gasteiger partial charge in [-0.25, -0.2) is 0 Å². The van der Waals surface area contributed by atoms with Crippen LogP contribution in [0.3, 0.4) is 0 Å². The van der Waals surface area contributed by atoms with Gasteiger partial charge in [-0.2, -0.15) is 0 Å². The molecule has 0 saturated heterocycles. The molecule has 0 radical (unpaired) electrons. The van der Waals surface area contributed by atoms with Gasteiger partial charge < -0.3 is 0 Å². The van der Waals surface area contributed by atoms with Gasteiger partial charge in [-0.1, -0.05) is 19.9 Å². The number of thioether (sulfide) groups is 2. The normalized spacial score (nSPS) is 10.1. The van der Waals surface area contributed by atoms with E-state index in [1.54, 1.807) is 0 Å². The maximum Gasteiger partial charge on any atom is 0.0679 e. The van der Waals surface area contributed by atoms with Crippen molar-refractivity contribution in [2.75, 3.05) is 11.5 Å². The Balaban J connectivity index is 3.29. The summed E-state index contributed by atoms with van der Waals surface area (Å²) in [5.41, 5.74) is 0. The van der Waals surface area contributed by atoms with Crippen LogP contribution in [0, 0.1) is 0 Å². The van der Waals surface area contributed by atoms with E-state index in [1.807, 2.05) is 29.6 Å². The van der Waals surface area contributed by atoms with Gasteiger partial charge in [0, 0.05) is 0 Å². The molecule has 0 amide bonds. The fraction of sp³-hybridized carbons (Fsp3) is 0.714. The molecule has 0 aliphatic carbocycles. The highest BCUT2D eigenvalue weighted by molar-refractivity contribution is 8.17. The minimum Gasteiger partial charge on any atom is -0.144 e. The van der Waals surface area contributed by atoms with E-state index in [9.17, 15) is 0 Å². The molecule has 0 atom stereocenters. The topological polar surface area (TPSA) is 0 Å². The fourth-order valence-electron chi connectivity index (χ4n) is 0.513. The Bertz CT molecular complexity index is 65.3. The van der Waals surface area contributed by atoms with Crippen molar-refractivity contribution in [3.05, 3.63) is 12.7 Å². The molecule has 0 aromatic heterocycles. The van der Waals surface area contributed by atoms with Crippen molar-refractivity contribution in [1.82, 2.24) is 0 Å². The van der Waals surface area contributed by atoms with Crippen LogP contribution in [0.2, 0.25) is 0 Å². The molecule has 0 saturated carbocycles. The van der Waals surface area contributed by atoms with Crippen LogP contribution in [-0.2, 0) is 0 Å². The maximum absolute atomic E-state index is 3.76. The van der Waals surface area contributed by atoms with E-state index in [1.165, 1.54) is 11.5 Å². The Morgan fingerprint density at radius 1 is 1.33 bits per heavy atom. The lowest BCUT2D eigenvalue weighted by molar-refractivity contribution is 1.47. The molecule has 0 unspecified atom stereocenters. The quantitative estimate of drug-likeness (QED) is 0.450. The SMILES string of the molecule is C=CC(SCC)SCC. The van der Waals surface area contributed by atoms with Crippen molar-refractivity contribution in [2.45, 2.75) is 18.4 Å². The van der Waals surface area contributed by atoms with Crippen LogP contribution < -0.4 is 0 Å². The molecule has 2 heteroatoms. The van der Waals surface area contributed by atoms with Gasteiger partial charge in [0.2, 0.25) is 0 Å². The summed E-state index contributed by atoms with van der Waals surface area (Å²) < 4.78 is 0.611. The minimum atomic E-state index is 0.611. The third-order valence-electron chi connectivity index (χ3n) is 0.854. The second-order valence-electron chi connectivity index (χ2n) is 1.51. The molecular formula is C7H14S2. The van der Waals surface area contributed by atoms with E-state index in [-0.39, 0.29) is 0 Å². The number of hydrogen-bond donors (Lipinski definition) is 0. The molecule has 0 bridgehead atoms. The molecule has 0 fully saturated rings. The number of rotatable bonds is 5. The van der Waals surface area contributed by atoms with Crippen LogP contribution in [0.25, 0.3) is 0 Å². The van der Waals surface area contributed by atoms with Crippen molar-refractivity contribution in [3.63, 3.8) is 0 Å². The first-order valence-corrected chi connectivity index (χ1v) is 5.30. The van der Waals surface area contributed by atoms with Gasteiger partial charge in [0.25, 0.3) is 0 Å². The minimum absolute atomic E-state index is 0.611. The first-order chi connectivity index (χ1) is 4.35. The van der Waals surface area contributed by atoms with Gasteiger partial charge in [-0.05, 0) is 11.5 Å². The monoisotopic (exact) mass is 162 g/mol. The summed E-state index contributed by atoms with van der Waals surface area (Å²) in [6, 6.07) is 0. The zero-order valence-corrected chi connectivity index (χ0v) is 7.73. The predicted molar refractivity (Wildman–Crippen MR) is 50.2 cm³/mol. The summed E-state index contributed by atoms with van der Waals surface area (Å²) in [5, 5.41) is 0. The Labute approximate surface area is 66.5 Å². The molecule has 0 aliphatic rings. The van der Waals surface area contributed by atoms with Gasteiger partial charge >= 0.3 is 0 Å². The van der Waals surface area contributed by atoms with E-state index >= 15 is 0 Å². The van der Waals surface area contributed by atoms with Crippen LogP contribution >= 0.6 is 23.5 Å². The third kappa shape index (κ3) is 4.91. The molecule has 0 aliphatic heterocycles. The Kier molecular flexibility index (Phi) is 6.88. The Morgan fingerprint density at radius 2 is 1.78 bits per heavy atom. The molecule has 0 nitrogen and oxygen atoms in total. The van der Waals surface area contributed by atoms with Gasteiger partial charge in [0.1, 0.15) is 0 Å². The fourth-order valence-corrected chi connectivity index (χ4v) is 2.64. The smallest absolute Gasteiger partial charge is 0.0679 e. The van der Waals surface area contributed by atoms with Gasteiger partial charge in [-0.3, -0.25) is 0 Å². The number of hydrogen-bond acceptors (Lipinski definition) is 2. The molecule has 0 N–H and O–H groups in total. The van der Waals surface area contributed by atoms with E-state index in [2.05, 4.69) is 20.4 Å². The third-order valence-corrected chi connectivity index (χ3v) is 3.38. The van der Waals surface area contributed by atoms with Crippen LogP contribution in [0.4, 0.5) is 0 Å². The molecular weight excluding hydrogens is 148 g/mol. The van der Waals surface area contributed by atoms with E-state index < -0.39 is 0 Å². The predicted octanol–water partition coefficient (Wildman–Crippen LogP) is 3.00. The zero-order valence-electron chi connectivity index (χ0n) is 6.09. The van der Waals surface area contributed by atoms with E-state index in [0.717, 1.165) is 0 Å². The van der Waals surface area contributed by atoms with Crippen LogP contribution in [0.15, 0.2) is 12.7 Å². The highest BCUT2D eigenvalue weighted by atomic mass is 32.2. The van der Waals surface area contributed by atoms with Crippen LogP contribution in [0.5, 0.6) is 0 Å². The maximum atomic E-state index is 3.76. The van der Waals surface area contributed by atoms with E-state index in [4.69, 9.17) is 0 Å². The molecule has 0 heterocycles. The second-order valence-corrected chi connectivity index (χ2v) is 4.65. The van der Waals surface area contributed by atoms with Crippen molar-refractivity contribution in [1.29, 1.82) is 0 Å². The zero-order chi connectivity index (χ0) is 7.11. The molecule has 0 rings (SSSR count). The Hall–Kier alpha value is 0.440. The lowest BCUT2D eigenvalue weighted by Crippen LogP contribution is -1.91. The standard InChI is InChI=1S/C7H14S2/c1-4-7(8-5-2)9-6-3/h4,7H,1,5-6H2,2-3H3. The molecule has 54 valence electrons. The highest BCUT2D eigenvalue weighted by Crippen LogP contribution is 2.23. The molecule has 0 aromatic carbocycles. The summed E-state index contributed by atoms with van der Waals surface area (Å²) in [6.45, 7) is 8.11. The summed E-state index contributed by atoms with van der Waals surface area (Å²) in [6.07, 6.45) is 2.02. The molecule has 0 aromatic rings. The van der Waals surface area contributed by atoms with Gasteiger partial charge in [-0.15, -0.1) is 30.1 Å². The van der Waals surface area contributed by atoms with Gasteiger partial charge in [0.15, 0.2) is 0 Å². The van der Waals surface area contributed by atoms with Crippen molar-refractivity contribution < 1.29 is 0 Å². The molecule has 0 spiro atoms. The average Bonchev–Trinajstić information content (AvgIpc) is 1.88. The molecule has 9 heavy (non-hydrogen) atoms. The first kappa shape index (κ1) is 9.44. The highest BCUT2D eigenvalue weighted by Gasteiger charge is 1.99. The summed E-state index contributed by atoms with van der Waals surface area (Å²) in [4.78, 5) is 0. The van der Waals surface area contributed by atoms with Crippen molar-refractivity contribution >= 4 is 23.5 Å². The summed E-state index contributed by atoms with van der Waals surface area (Å²) >= 11 is 3.89. The first-order valence-electron chi connectivity index (χ1n) is 3.20. The van der Waals surface area contributed by atoms with Crippen molar-refractivity contribution in [2.24, 2.45) is 0 Å². The van der Waals surface area contributed by atoms with Gasteiger partial charge in [0.05, 0.1) is 4.58 Å². The lowest BCUT2D eigenvalue weighted by Gasteiger charge is -2.07. The average molecular weight is 162 g/mol. The Morgan fingerprint density at radius 3 is 2.00 bits per heavy atom. The van der Waals surface area contributed by atoms with Crippen molar-refractivity contribution in [3.8, 4) is 0 Å². The van der Waals surface area contributed by atoms with E-state index in [0.29, 0.717) is 4.58 Å². The van der Waals surface area contributed by atoms with Crippen LogP contribution in [-0.4, -0.2) is 16.1 Å². The largest absolute Gasteiger partial charge is 0.144 e. The second kappa shape index (κ2) is 6.56. The summed E-state index contributed by atoms with van der Waals surface area (Å²) in [7, 11) is 0. The lowest BCUT2D eigenvalue weighted by atomic mass is 10.8. The van der Waals surface area contributed by atoms with Crippen LogP contribution in [0.1, 0.15) is 13.8 Å². The summed E-state index contributed by atoms with van der Waals surface area (Å²) in [5.74, 6) is 2.37.